The Morgan fingerprint density at radius 3 is 2.92 bits per heavy atom. The average Bonchev–Trinajstić information content (AvgIpc) is 2.71. The summed E-state index contributed by atoms with van der Waals surface area (Å²) >= 11 is 1.63. The fourth-order valence-electron chi connectivity index (χ4n) is 1.09. The van der Waals surface area contributed by atoms with Crippen molar-refractivity contribution in [2.75, 3.05) is 0 Å². The Hall–Kier alpha value is -1.26. The van der Waals surface area contributed by atoms with Gasteiger partial charge in [-0.3, -0.25) is 9.97 Å². The van der Waals surface area contributed by atoms with Crippen molar-refractivity contribution in [1.82, 2.24) is 9.97 Å². The third-order valence-corrected chi connectivity index (χ3v) is 2.71. The Morgan fingerprint density at radius 2 is 2.31 bits per heavy atom. The highest BCUT2D eigenvalue weighted by Gasteiger charge is 2.10. The summed E-state index contributed by atoms with van der Waals surface area (Å²) < 4.78 is 0. The summed E-state index contributed by atoms with van der Waals surface area (Å²) in [4.78, 5) is 9.24. The standard InChI is InChI=1S/C9H9N3S/c10-9(8-2-1-5-13-8)7-6-11-3-4-12-7/h1-6,9H,10H2. The molecule has 0 saturated carbocycles. The number of nitrogens with two attached hydrogens (primary N) is 1. The first-order chi connectivity index (χ1) is 6.38. The minimum Gasteiger partial charge on any atom is -0.318 e. The SMILES string of the molecule is NC(c1cnccn1)c1cccs1. The predicted octanol–water partition coefficient (Wildman–Crippen LogP) is 1.59. The summed E-state index contributed by atoms with van der Waals surface area (Å²) in [5.74, 6) is 0. The lowest BCUT2D eigenvalue weighted by atomic mass is 10.2. The largest absolute Gasteiger partial charge is 0.318 e. The highest BCUT2D eigenvalue weighted by atomic mass is 32.1. The van der Waals surface area contributed by atoms with E-state index in [4.69, 9.17) is 5.73 Å². The molecule has 0 fully saturated rings. The summed E-state index contributed by atoms with van der Waals surface area (Å²) in [5, 5.41) is 2.01. The van der Waals surface area contributed by atoms with Gasteiger partial charge in [-0.15, -0.1) is 11.3 Å². The van der Waals surface area contributed by atoms with E-state index in [1.54, 1.807) is 29.9 Å². The summed E-state index contributed by atoms with van der Waals surface area (Å²) in [6.07, 6.45) is 5.00. The van der Waals surface area contributed by atoms with E-state index in [1.807, 2.05) is 17.5 Å². The Bertz CT molecular complexity index is 358. The molecular formula is C9H9N3S. The molecule has 4 heteroatoms. The van der Waals surface area contributed by atoms with E-state index in [0.29, 0.717) is 0 Å². The zero-order valence-electron chi connectivity index (χ0n) is 6.92. The van der Waals surface area contributed by atoms with E-state index in [1.165, 1.54) is 0 Å². The van der Waals surface area contributed by atoms with Crippen LogP contribution in [0, 0.1) is 0 Å². The van der Waals surface area contributed by atoms with Gasteiger partial charge < -0.3 is 5.73 Å². The number of aromatic nitrogens is 2. The summed E-state index contributed by atoms with van der Waals surface area (Å²) in [7, 11) is 0. The molecule has 2 N–H and O–H groups in total. The molecule has 2 rings (SSSR count). The van der Waals surface area contributed by atoms with Gasteiger partial charge in [0.05, 0.1) is 17.9 Å². The van der Waals surface area contributed by atoms with Gasteiger partial charge in [-0.25, -0.2) is 0 Å². The zero-order valence-corrected chi connectivity index (χ0v) is 7.74. The second-order valence-corrected chi connectivity index (χ2v) is 3.60. The molecule has 0 saturated heterocycles. The molecule has 0 radical (unpaired) electrons. The molecule has 66 valence electrons. The highest BCUT2D eigenvalue weighted by molar-refractivity contribution is 7.10. The van der Waals surface area contributed by atoms with Gasteiger partial charge in [0, 0.05) is 17.3 Å². The van der Waals surface area contributed by atoms with Crippen molar-refractivity contribution < 1.29 is 0 Å². The molecule has 0 bridgehead atoms. The van der Waals surface area contributed by atoms with Crippen LogP contribution in [0.3, 0.4) is 0 Å². The third-order valence-electron chi connectivity index (χ3n) is 1.75. The molecule has 13 heavy (non-hydrogen) atoms. The Balaban J connectivity index is 2.29. The van der Waals surface area contributed by atoms with Gasteiger partial charge in [-0.1, -0.05) is 6.07 Å². The molecule has 1 unspecified atom stereocenters. The minimum absolute atomic E-state index is 0.145. The maximum absolute atomic E-state index is 5.97. The van der Waals surface area contributed by atoms with Gasteiger partial charge in [0.2, 0.25) is 0 Å². The van der Waals surface area contributed by atoms with Crippen molar-refractivity contribution in [3.05, 3.63) is 46.7 Å². The van der Waals surface area contributed by atoms with Crippen LogP contribution in [0.25, 0.3) is 0 Å². The number of nitrogens with zero attached hydrogens (tertiary/aromatic N) is 2. The van der Waals surface area contributed by atoms with Crippen LogP contribution < -0.4 is 5.73 Å². The second-order valence-electron chi connectivity index (χ2n) is 2.62. The van der Waals surface area contributed by atoms with Crippen LogP contribution in [-0.2, 0) is 0 Å². The molecule has 0 aliphatic carbocycles. The smallest absolute Gasteiger partial charge is 0.0835 e. The predicted molar refractivity (Wildman–Crippen MR) is 52.4 cm³/mol. The van der Waals surface area contributed by atoms with Crippen LogP contribution in [-0.4, -0.2) is 9.97 Å². The average molecular weight is 191 g/mol. The lowest BCUT2D eigenvalue weighted by Crippen LogP contribution is -2.11. The third kappa shape index (κ3) is 1.74. The van der Waals surface area contributed by atoms with Crippen LogP contribution in [0.2, 0.25) is 0 Å². The molecule has 3 nitrogen and oxygen atoms in total. The number of hydrogen-bond acceptors (Lipinski definition) is 4. The van der Waals surface area contributed by atoms with Crippen LogP contribution >= 0.6 is 11.3 Å². The van der Waals surface area contributed by atoms with Crippen molar-refractivity contribution in [3.8, 4) is 0 Å². The topological polar surface area (TPSA) is 51.8 Å². The van der Waals surface area contributed by atoms with E-state index in [2.05, 4.69) is 9.97 Å². The van der Waals surface area contributed by atoms with Gasteiger partial charge in [-0.05, 0) is 11.4 Å². The molecular weight excluding hydrogens is 182 g/mol. The number of rotatable bonds is 2. The first kappa shape index (κ1) is 8.34. The first-order valence-corrected chi connectivity index (χ1v) is 4.81. The molecule has 2 heterocycles. The van der Waals surface area contributed by atoms with Crippen molar-refractivity contribution >= 4 is 11.3 Å². The van der Waals surface area contributed by atoms with E-state index in [9.17, 15) is 0 Å². The molecule has 0 aliphatic rings. The first-order valence-electron chi connectivity index (χ1n) is 3.93. The molecule has 1 atom stereocenters. The molecule has 2 aromatic heterocycles. The highest BCUT2D eigenvalue weighted by Crippen LogP contribution is 2.21. The van der Waals surface area contributed by atoms with Gasteiger partial charge in [-0.2, -0.15) is 0 Å². The summed E-state index contributed by atoms with van der Waals surface area (Å²) in [5.41, 5.74) is 6.78. The van der Waals surface area contributed by atoms with Crippen molar-refractivity contribution in [2.24, 2.45) is 5.73 Å². The van der Waals surface area contributed by atoms with E-state index >= 15 is 0 Å². The Morgan fingerprint density at radius 1 is 1.38 bits per heavy atom. The van der Waals surface area contributed by atoms with Gasteiger partial charge >= 0.3 is 0 Å². The fraction of sp³-hybridized carbons (Fsp3) is 0.111. The van der Waals surface area contributed by atoms with Crippen molar-refractivity contribution in [1.29, 1.82) is 0 Å². The van der Waals surface area contributed by atoms with Crippen LogP contribution in [0.4, 0.5) is 0 Å². The van der Waals surface area contributed by atoms with Crippen molar-refractivity contribution in [2.45, 2.75) is 6.04 Å². The van der Waals surface area contributed by atoms with Crippen LogP contribution in [0.15, 0.2) is 36.1 Å². The van der Waals surface area contributed by atoms with Crippen molar-refractivity contribution in [3.63, 3.8) is 0 Å². The number of hydrogen-bond donors (Lipinski definition) is 1. The molecule has 0 spiro atoms. The van der Waals surface area contributed by atoms with Crippen LogP contribution in [0.5, 0.6) is 0 Å². The maximum atomic E-state index is 5.97. The number of thiophene rings is 1. The molecule has 0 amide bonds. The maximum Gasteiger partial charge on any atom is 0.0835 e. The van der Waals surface area contributed by atoms with Gasteiger partial charge in [0.25, 0.3) is 0 Å². The lowest BCUT2D eigenvalue weighted by molar-refractivity contribution is 0.834. The second kappa shape index (κ2) is 3.64. The summed E-state index contributed by atoms with van der Waals surface area (Å²) in [6.45, 7) is 0. The normalized spacial score (nSPS) is 12.7. The lowest BCUT2D eigenvalue weighted by Gasteiger charge is -2.06. The van der Waals surface area contributed by atoms with Gasteiger partial charge in [0.15, 0.2) is 0 Å². The Kier molecular flexibility index (Phi) is 2.33. The van der Waals surface area contributed by atoms with E-state index in [-0.39, 0.29) is 6.04 Å². The Labute approximate surface area is 80.3 Å². The van der Waals surface area contributed by atoms with E-state index in [0.717, 1.165) is 10.6 Å². The quantitative estimate of drug-likeness (QED) is 0.784. The van der Waals surface area contributed by atoms with E-state index < -0.39 is 0 Å². The molecule has 0 aromatic carbocycles. The minimum atomic E-state index is -0.145. The molecule has 2 aromatic rings. The fourth-order valence-corrected chi connectivity index (χ4v) is 1.82. The van der Waals surface area contributed by atoms with Gasteiger partial charge in [0.1, 0.15) is 0 Å². The summed E-state index contributed by atoms with van der Waals surface area (Å²) in [6, 6.07) is 3.84. The monoisotopic (exact) mass is 191 g/mol. The van der Waals surface area contributed by atoms with Crippen LogP contribution in [0.1, 0.15) is 16.6 Å². The zero-order chi connectivity index (χ0) is 9.10. The molecule has 0 aliphatic heterocycles.